The lowest BCUT2D eigenvalue weighted by molar-refractivity contribution is -0.149. The quantitative estimate of drug-likeness (QED) is 0.779. The predicted molar refractivity (Wildman–Crippen MR) is 68.1 cm³/mol. The Balaban J connectivity index is 2.30. The van der Waals surface area contributed by atoms with Crippen molar-refractivity contribution in [2.75, 3.05) is 6.61 Å². The molecule has 0 spiro atoms. The fraction of sp³-hybridized carbons (Fsp3) is 0.500. The van der Waals surface area contributed by atoms with Gasteiger partial charge in [0.15, 0.2) is 0 Å². The number of hydrogen-bond acceptors (Lipinski definition) is 3. The van der Waals surface area contributed by atoms with Gasteiger partial charge in [-0.15, -0.1) is 0 Å². The highest BCUT2D eigenvalue weighted by Gasteiger charge is 2.29. The van der Waals surface area contributed by atoms with E-state index in [4.69, 9.17) is 9.84 Å². The van der Waals surface area contributed by atoms with Gasteiger partial charge in [-0.05, 0) is 25.8 Å². The molecule has 1 aromatic rings. The van der Waals surface area contributed by atoms with E-state index in [1.54, 1.807) is 13.8 Å². The first kappa shape index (κ1) is 14.7. The lowest BCUT2D eigenvalue weighted by Crippen LogP contribution is -2.31. The molecule has 0 bridgehead atoms. The van der Waals surface area contributed by atoms with Crippen LogP contribution in [-0.2, 0) is 16.1 Å². The van der Waals surface area contributed by atoms with Crippen LogP contribution in [-0.4, -0.2) is 28.9 Å². The van der Waals surface area contributed by atoms with E-state index in [9.17, 15) is 9.90 Å². The first-order chi connectivity index (χ1) is 8.42. The Kier molecular flexibility index (Phi) is 5.31. The molecule has 0 aliphatic rings. The van der Waals surface area contributed by atoms with Crippen molar-refractivity contribution in [3.8, 4) is 0 Å². The fourth-order valence-electron chi connectivity index (χ4n) is 1.62. The molecule has 0 fully saturated rings. The zero-order chi connectivity index (χ0) is 13.6. The molecule has 0 saturated heterocycles. The number of aliphatic hydroxyl groups excluding tert-OH is 1. The number of hydrogen-bond donors (Lipinski definition) is 2. The Bertz CT molecular complexity index is 373. The second-order valence-corrected chi connectivity index (χ2v) is 5.05. The second-order valence-electron chi connectivity index (χ2n) is 5.05. The van der Waals surface area contributed by atoms with Crippen molar-refractivity contribution in [3.63, 3.8) is 0 Å². The van der Waals surface area contributed by atoms with E-state index < -0.39 is 17.5 Å². The van der Waals surface area contributed by atoms with E-state index in [1.165, 1.54) is 0 Å². The third kappa shape index (κ3) is 4.85. The lowest BCUT2D eigenvalue weighted by Gasteiger charge is -2.22. The molecular weight excluding hydrogens is 232 g/mol. The van der Waals surface area contributed by atoms with Gasteiger partial charge in [-0.25, -0.2) is 0 Å². The molecule has 0 aliphatic heterocycles. The maximum atomic E-state index is 10.9. The predicted octanol–water partition coefficient (Wildman–Crippen LogP) is 2.06. The van der Waals surface area contributed by atoms with Crippen LogP contribution in [0.2, 0.25) is 0 Å². The number of ether oxygens (including phenoxy) is 1. The molecule has 4 nitrogen and oxygen atoms in total. The number of aliphatic carboxylic acids is 1. The molecule has 4 heteroatoms. The van der Waals surface area contributed by atoms with Crippen molar-refractivity contribution >= 4 is 5.97 Å². The van der Waals surface area contributed by atoms with Gasteiger partial charge in [0, 0.05) is 0 Å². The topological polar surface area (TPSA) is 66.8 Å². The molecule has 0 amide bonds. The van der Waals surface area contributed by atoms with Gasteiger partial charge in [-0.2, -0.15) is 0 Å². The average Bonchev–Trinajstić information content (AvgIpc) is 2.29. The number of aliphatic hydroxyl groups is 1. The standard InChI is InChI=1S/C14H20O4/c1-14(2,13(16)17)8-12(15)10-18-9-11-6-4-3-5-7-11/h3-7,12,15H,8-10H2,1-2H3,(H,16,17). The van der Waals surface area contributed by atoms with Crippen LogP contribution in [0.1, 0.15) is 25.8 Å². The summed E-state index contributed by atoms with van der Waals surface area (Å²) in [6.45, 7) is 3.75. The third-order valence-corrected chi connectivity index (χ3v) is 2.75. The average molecular weight is 252 g/mol. The number of carboxylic acids is 1. The molecular formula is C14H20O4. The van der Waals surface area contributed by atoms with Crippen LogP contribution in [0.4, 0.5) is 0 Å². The molecule has 18 heavy (non-hydrogen) atoms. The third-order valence-electron chi connectivity index (χ3n) is 2.75. The van der Waals surface area contributed by atoms with E-state index in [2.05, 4.69) is 0 Å². The van der Waals surface area contributed by atoms with Crippen molar-refractivity contribution < 1.29 is 19.7 Å². The number of rotatable bonds is 7. The highest BCUT2D eigenvalue weighted by Crippen LogP contribution is 2.22. The van der Waals surface area contributed by atoms with Crippen LogP contribution in [0.25, 0.3) is 0 Å². The van der Waals surface area contributed by atoms with E-state index >= 15 is 0 Å². The van der Waals surface area contributed by atoms with Gasteiger partial charge in [-0.1, -0.05) is 30.3 Å². The van der Waals surface area contributed by atoms with Crippen molar-refractivity contribution in [2.45, 2.75) is 33.0 Å². The van der Waals surface area contributed by atoms with Crippen LogP contribution in [0.3, 0.4) is 0 Å². The lowest BCUT2D eigenvalue weighted by atomic mass is 9.87. The summed E-state index contributed by atoms with van der Waals surface area (Å²) in [5.41, 5.74) is 0.0948. The Labute approximate surface area is 107 Å². The summed E-state index contributed by atoms with van der Waals surface area (Å²) in [5.74, 6) is -0.912. The van der Waals surface area contributed by atoms with Crippen molar-refractivity contribution in [3.05, 3.63) is 35.9 Å². The molecule has 0 radical (unpaired) electrons. The molecule has 0 aliphatic carbocycles. The Morgan fingerprint density at radius 1 is 1.33 bits per heavy atom. The van der Waals surface area contributed by atoms with Crippen molar-refractivity contribution in [1.29, 1.82) is 0 Å². The van der Waals surface area contributed by atoms with Gasteiger partial charge in [0.05, 0.1) is 24.7 Å². The minimum Gasteiger partial charge on any atom is -0.481 e. The fourth-order valence-corrected chi connectivity index (χ4v) is 1.62. The van der Waals surface area contributed by atoms with Crippen LogP contribution in [0.5, 0.6) is 0 Å². The van der Waals surface area contributed by atoms with Gasteiger partial charge >= 0.3 is 5.97 Å². The SMILES string of the molecule is CC(C)(CC(O)COCc1ccccc1)C(=O)O. The van der Waals surface area contributed by atoms with Crippen molar-refractivity contribution in [1.82, 2.24) is 0 Å². The van der Waals surface area contributed by atoms with E-state index in [1.807, 2.05) is 30.3 Å². The number of benzene rings is 1. The summed E-state index contributed by atoms with van der Waals surface area (Å²) in [7, 11) is 0. The summed E-state index contributed by atoms with van der Waals surface area (Å²) in [5, 5.41) is 18.7. The number of carboxylic acid groups (broad SMARTS) is 1. The second kappa shape index (κ2) is 6.52. The van der Waals surface area contributed by atoms with Crippen molar-refractivity contribution in [2.24, 2.45) is 5.41 Å². The molecule has 1 rings (SSSR count). The van der Waals surface area contributed by atoms with Gasteiger partial charge in [0.1, 0.15) is 0 Å². The smallest absolute Gasteiger partial charge is 0.309 e. The zero-order valence-corrected chi connectivity index (χ0v) is 10.8. The van der Waals surface area contributed by atoms with E-state index in [0.29, 0.717) is 6.61 Å². The Morgan fingerprint density at radius 3 is 2.50 bits per heavy atom. The van der Waals surface area contributed by atoms with E-state index in [0.717, 1.165) is 5.56 Å². The summed E-state index contributed by atoms with van der Waals surface area (Å²) in [6, 6.07) is 9.64. The molecule has 0 saturated carbocycles. The van der Waals surface area contributed by atoms with Crippen LogP contribution >= 0.6 is 0 Å². The van der Waals surface area contributed by atoms with Gasteiger partial charge < -0.3 is 14.9 Å². The number of carbonyl (C=O) groups is 1. The normalized spacial score (nSPS) is 13.3. The molecule has 1 aromatic carbocycles. The maximum absolute atomic E-state index is 10.9. The molecule has 0 aromatic heterocycles. The molecule has 1 unspecified atom stereocenters. The molecule has 0 heterocycles. The molecule has 2 N–H and O–H groups in total. The highest BCUT2D eigenvalue weighted by atomic mass is 16.5. The molecule has 1 atom stereocenters. The minimum atomic E-state index is -0.935. The van der Waals surface area contributed by atoms with Crippen LogP contribution in [0.15, 0.2) is 30.3 Å². The minimum absolute atomic E-state index is 0.144. The van der Waals surface area contributed by atoms with Gasteiger partial charge in [-0.3, -0.25) is 4.79 Å². The van der Waals surface area contributed by atoms with Gasteiger partial charge in [0.25, 0.3) is 0 Å². The maximum Gasteiger partial charge on any atom is 0.309 e. The summed E-state index contributed by atoms with van der Waals surface area (Å²) >= 11 is 0. The highest BCUT2D eigenvalue weighted by molar-refractivity contribution is 5.73. The molecule has 100 valence electrons. The first-order valence-electron chi connectivity index (χ1n) is 5.95. The zero-order valence-electron chi connectivity index (χ0n) is 10.8. The van der Waals surface area contributed by atoms with E-state index in [-0.39, 0.29) is 13.0 Å². The Morgan fingerprint density at radius 2 is 1.94 bits per heavy atom. The monoisotopic (exact) mass is 252 g/mol. The van der Waals surface area contributed by atoms with Crippen LogP contribution < -0.4 is 0 Å². The van der Waals surface area contributed by atoms with Gasteiger partial charge in [0.2, 0.25) is 0 Å². The first-order valence-corrected chi connectivity index (χ1v) is 5.95. The summed E-state index contributed by atoms with van der Waals surface area (Å²) in [4.78, 5) is 10.9. The Hall–Kier alpha value is -1.39. The summed E-state index contributed by atoms with van der Waals surface area (Å²) < 4.78 is 5.36. The van der Waals surface area contributed by atoms with Crippen LogP contribution in [0, 0.1) is 5.41 Å². The largest absolute Gasteiger partial charge is 0.481 e. The summed E-state index contributed by atoms with van der Waals surface area (Å²) in [6.07, 6.45) is -0.586.